The molecule has 3 rings (SSSR count). The Kier molecular flexibility index (Phi) is 4.31. The second-order valence-corrected chi connectivity index (χ2v) is 5.23. The lowest BCUT2D eigenvalue weighted by molar-refractivity contribution is -0.385. The Labute approximate surface area is 135 Å². The molecule has 0 aromatic heterocycles. The largest absolute Gasteiger partial charge is 0.487 e. The topological polar surface area (TPSA) is 70.8 Å². The number of hydrogen-bond donors (Lipinski definition) is 0. The van der Waals surface area contributed by atoms with Gasteiger partial charge in [-0.25, -0.2) is 4.39 Å². The molecule has 1 heterocycles. The molecule has 0 amide bonds. The van der Waals surface area contributed by atoms with Gasteiger partial charge in [0.05, 0.1) is 16.6 Å². The van der Waals surface area contributed by atoms with Crippen LogP contribution in [0.1, 0.15) is 11.1 Å². The summed E-state index contributed by atoms with van der Waals surface area (Å²) in [6.07, 6.45) is 0. The van der Waals surface area contributed by atoms with Crippen molar-refractivity contribution in [3.05, 3.63) is 62.4 Å². The molecule has 1 aliphatic heterocycles. The van der Waals surface area contributed by atoms with Gasteiger partial charge in [0.15, 0.2) is 6.79 Å². The summed E-state index contributed by atoms with van der Waals surface area (Å²) < 4.78 is 29.1. The van der Waals surface area contributed by atoms with Crippen molar-refractivity contribution in [1.82, 2.24) is 0 Å². The standard InChI is InChI=1S/C15H11ClFNO5/c16-13-5-11(17)1-2-14(13)22-7-10-4-12(18(19)20)3-9-6-21-8-23-15(9)10/h1-5H,6-8H2. The van der Waals surface area contributed by atoms with Gasteiger partial charge >= 0.3 is 0 Å². The summed E-state index contributed by atoms with van der Waals surface area (Å²) in [5.74, 6) is 0.302. The zero-order valence-electron chi connectivity index (χ0n) is 11.8. The fourth-order valence-electron chi connectivity index (χ4n) is 2.24. The first-order chi connectivity index (χ1) is 11.0. The monoisotopic (exact) mass is 339 g/mol. The molecular formula is C15H11ClFNO5. The van der Waals surface area contributed by atoms with E-state index in [1.165, 1.54) is 24.3 Å². The number of nitrogens with zero attached hydrogens (tertiary/aromatic N) is 1. The lowest BCUT2D eigenvalue weighted by Gasteiger charge is -2.20. The molecule has 0 saturated carbocycles. The van der Waals surface area contributed by atoms with Crippen LogP contribution in [0, 0.1) is 15.9 Å². The molecule has 0 spiro atoms. The van der Waals surface area contributed by atoms with Gasteiger partial charge in [-0.1, -0.05) is 11.6 Å². The molecule has 0 radical (unpaired) electrons. The number of hydrogen-bond acceptors (Lipinski definition) is 5. The average molecular weight is 340 g/mol. The van der Waals surface area contributed by atoms with Crippen LogP contribution >= 0.6 is 11.6 Å². The number of halogens is 2. The Hall–Kier alpha value is -2.38. The van der Waals surface area contributed by atoms with E-state index >= 15 is 0 Å². The van der Waals surface area contributed by atoms with Crippen LogP contribution in [0.15, 0.2) is 30.3 Å². The Bertz CT molecular complexity index is 768. The molecule has 1 aliphatic rings. The molecule has 0 saturated heterocycles. The highest BCUT2D eigenvalue weighted by Crippen LogP contribution is 2.34. The SMILES string of the molecule is O=[N+]([O-])c1cc2c(c(COc3ccc(F)cc3Cl)c1)OCOC2. The molecule has 120 valence electrons. The number of ether oxygens (including phenoxy) is 3. The molecule has 8 heteroatoms. The van der Waals surface area contributed by atoms with Gasteiger partial charge < -0.3 is 14.2 Å². The summed E-state index contributed by atoms with van der Waals surface area (Å²) in [6, 6.07) is 6.52. The molecule has 23 heavy (non-hydrogen) atoms. The van der Waals surface area contributed by atoms with E-state index in [4.69, 9.17) is 25.8 Å². The van der Waals surface area contributed by atoms with E-state index in [1.807, 2.05) is 0 Å². The quantitative estimate of drug-likeness (QED) is 0.625. The fourth-order valence-corrected chi connectivity index (χ4v) is 2.46. The summed E-state index contributed by atoms with van der Waals surface area (Å²) in [6.45, 7) is 0.284. The van der Waals surface area contributed by atoms with Crippen molar-refractivity contribution < 1.29 is 23.5 Å². The highest BCUT2D eigenvalue weighted by molar-refractivity contribution is 6.32. The van der Waals surface area contributed by atoms with Gasteiger partial charge in [0.25, 0.3) is 5.69 Å². The van der Waals surface area contributed by atoms with Crippen LogP contribution in [0.25, 0.3) is 0 Å². The highest BCUT2D eigenvalue weighted by Gasteiger charge is 2.21. The molecule has 0 bridgehead atoms. The predicted molar refractivity (Wildman–Crippen MR) is 79.1 cm³/mol. The van der Waals surface area contributed by atoms with E-state index in [2.05, 4.69) is 0 Å². The normalized spacial score (nSPS) is 13.1. The van der Waals surface area contributed by atoms with E-state index < -0.39 is 10.7 Å². The van der Waals surface area contributed by atoms with E-state index in [9.17, 15) is 14.5 Å². The minimum atomic E-state index is -0.497. The minimum Gasteiger partial charge on any atom is -0.487 e. The lowest BCUT2D eigenvalue weighted by atomic mass is 10.1. The molecule has 0 unspecified atom stereocenters. The summed E-state index contributed by atoms with van der Waals surface area (Å²) >= 11 is 5.90. The zero-order valence-corrected chi connectivity index (χ0v) is 12.5. The van der Waals surface area contributed by atoms with Crippen LogP contribution in [-0.2, 0) is 18.0 Å². The zero-order chi connectivity index (χ0) is 16.4. The number of nitro groups is 1. The van der Waals surface area contributed by atoms with Gasteiger partial charge in [0.1, 0.15) is 23.9 Å². The molecule has 6 nitrogen and oxygen atoms in total. The Morgan fingerprint density at radius 2 is 2.17 bits per heavy atom. The maximum atomic E-state index is 13.0. The van der Waals surface area contributed by atoms with Crippen LogP contribution in [-0.4, -0.2) is 11.7 Å². The van der Waals surface area contributed by atoms with Crippen molar-refractivity contribution in [3.8, 4) is 11.5 Å². The van der Waals surface area contributed by atoms with Gasteiger partial charge in [-0.15, -0.1) is 0 Å². The molecule has 0 aliphatic carbocycles. The van der Waals surface area contributed by atoms with Crippen LogP contribution in [0.4, 0.5) is 10.1 Å². The lowest BCUT2D eigenvalue weighted by Crippen LogP contribution is -2.14. The van der Waals surface area contributed by atoms with Gasteiger partial charge in [-0.3, -0.25) is 10.1 Å². The smallest absolute Gasteiger partial charge is 0.270 e. The third-order valence-corrected chi connectivity index (χ3v) is 3.55. The van der Waals surface area contributed by atoms with E-state index in [1.54, 1.807) is 0 Å². The number of benzene rings is 2. The number of nitro benzene ring substituents is 1. The van der Waals surface area contributed by atoms with Gasteiger partial charge in [-0.2, -0.15) is 0 Å². The third-order valence-electron chi connectivity index (χ3n) is 3.26. The summed E-state index contributed by atoms with van der Waals surface area (Å²) in [5.41, 5.74) is 0.994. The molecule has 0 atom stereocenters. The van der Waals surface area contributed by atoms with Crippen molar-refractivity contribution in [3.63, 3.8) is 0 Å². The van der Waals surface area contributed by atoms with Crippen LogP contribution in [0.2, 0.25) is 5.02 Å². The van der Waals surface area contributed by atoms with E-state index in [0.29, 0.717) is 16.9 Å². The summed E-state index contributed by atoms with van der Waals surface area (Å²) in [5, 5.41) is 11.1. The third kappa shape index (κ3) is 3.35. The van der Waals surface area contributed by atoms with Crippen molar-refractivity contribution >= 4 is 17.3 Å². The fraction of sp³-hybridized carbons (Fsp3) is 0.200. The summed E-state index contributed by atoms with van der Waals surface area (Å²) in [4.78, 5) is 10.5. The Morgan fingerprint density at radius 1 is 1.35 bits per heavy atom. The molecule has 2 aromatic carbocycles. The maximum absolute atomic E-state index is 13.0. The first kappa shape index (κ1) is 15.5. The molecule has 0 fully saturated rings. The highest BCUT2D eigenvalue weighted by atomic mass is 35.5. The first-order valence-electron chi connectivity index (χ1n) is 6.63. The molecule has 2 aromatic rings. The second kappa shape index (κ2) is 6.39. The predicted octanol–water partition coefficient (Wildman–Crippen LogP) is 3.83. The van der Waals surface area contributed by atoms with Gasteiger partial charge in [0.2, 0.25) is 0 Å². The molecular weight excluding hydrogens is 329 g/mol. The average Bonchev–Trinajstić information content (AvgIpc) is 2.53. The minimum absolute atomic E-state index is 0.00460. The van der Waals surface area contributed by atoms with Crippen LogP contribution in [0.5, 0.6) is 11.5 Å². The van der Waals surface area contributed by atoms with Crippen molar-refractivity contribution in [2.45, 2.75) is 13.2 Å². The van der Waals surface area contributed by atoms with E-state index in [0.717, 1.165) is 6.07 Å². The van der Waals surface area contributed by atoms with Crippen LogP contribution in [0.3, 0.4) is 0 Å². The van der Waals surface area contributed by atoms with Gasteiger partial charge in [-0.05, 0) is 18.2 Å². The second-order valence-electron chi connectivity index (χ2n) is 4.82. The van der Waals surface area contributed by atoms with Crippen LogP contribution < -0.4 is 9.47 Å². The Morgan fingerprint density at radius 3 is 2.91 bits per heavy atom. The number of non-ortho nitro benzene ring substituents is 1. The Balaban J connectivity index is 1.89. The maximum Gasteiger partial charge on any atom is 0.270 e. The number of rotatable bonds is 4. The van der Waals surface area contributed by atoms with Gasteiger partial charge in [0, 0.05) is 23.3 Å². The number of fused-ring (bicyclic) bond motifs is 1. The summed E-state index contributed by atoms with van der Waals surface area (Å²) in [7, 11) is 0. The van der Waals surface area contributed by atoms with Crippen molar-refractivity contribution in [2.24, 2.45) is 0 Å². The first-order valence-corrected chi connectivity index (χ1v) is 7.01. The van der Waals surface area contributed by atoms with E-state index in [-0.39, 0.29) is 36.5 Å². The van der Waals surface area contributed by atoms with Crippen molar-refractivity contribution in [2.75, 3.05) is 6.79 Å². The van der Waals surface area contributed by atoms with Crippen molar-refractivity contribution in [1.29, 1.82) is 0 Å². The molecule has 0 N–H and O–H groups in total.